The summed E-state index contributed by atoms with van der Waals surface area (Å²) in [5.74, 6) is 0.554. The van der Waals surface area contributed by atoms with Crippen LogP contribution in [0.25, 0.3) is 0 Å². The Morgan fingerprint density at radius 2 is 2.40 bits per heavy atom. The van der Waals surface area contributed by atoms with E-state index in [1.807, 2.05) is 11.8 Å². The molecule has 0 aromatic heterocycles. The van der Waals surface area contributed by atoms with E-state index in [1.54, 1.807) is 0 Å². The van der Waals surface area contributed by atoms with Crippen molar-refractivity contribution in [2.24, 2.45) is 11.7 Å². The number of carbonyl (C=O) groups is 1. The molecule has 0 bridgehead atoms. The van der Waals surface area contributed by atoms with Crippen LogP contribution < -0.4 is 5.73 Å². The zero-order chi connectivity index (χ0) is 10.8. The summed E-state index contributed by atoms with van der Waals surface area (Å²) >= 11 is 0. The Balaban J connectivity index is 1.88. The van der Waals surface area contributed by atoms with Crippen molar-refractivity contribution in [3.05, 3.63) is 0 Å². The molecule has 0 spiro atoms. The highest BCUT2D eigenvalue weighted by atomic mass is 16.5. The Hall–Kier alpha value is -0.610. The van der Waals surface area contributed by atoms with Crippen LogP contribution in [0, 0.1) is 5.92 Å². The van der Waals surface area contributed by atoms with Gasteiger partial charge in [0.15, 0.2) is 0 Å². The monoisotopic (exact) mass is 212 g/mol. The third-order valence-electron chi connectivity index (χ3n) is 3.46. The summed E-state index contributed by atoms with van der Waals surface area (Å²) in [6.45, 7) is 4.32. The van der Waals surface area contributed by atoms with E-state index in [-0.39, 0.29) is 18.1 Å². The second-order valence-corrected chi connectivity index (χ2v) is 4.78. The van der Waals surface area contributed by atoms with E-state index in [9.17, 15) is 4.79 Å². The normalized spacial score (nSPS) is 37.3. The van der Waals surface area contributed by atoms with Gasteiger partial charge in [-0.15, -0.1) is 0 Å². The lowest BCUT2D eigenvalue weighted by molar-refractivity contribution is -0.137. The van der Waals surface area contributed by atoms with Crippen LogP contribution in [0.3, 0.4) is 0 Å². The molecule has 2 N–H and O–H groups in total. The summed E-state index contributed by atoms with van der Waals surface area (Å²) in [6.07, 6.45) is 3.03. The Morgan fingerprint density at radius 3 is 3.07 bits per heavy atom. The predicted octanol–water partition coefficient (Wildman–Crippen LogP) is 0.361. The van der Waals surface area contributed by atoms with Gasteiger partial charge in [0.25, 0.3) is 0 Å². The fourth-order valence-electron chi connectivity index (χ4n) is 2.30. The van der Waals surface area contributed by atoms with Gasteiger partial charge in [-0.25, -0.2) is 0 Å². The van der Waals surface area contributed by atoms with Gasteiger partial charge in [-0.2, -0.15) is 0 Å². The second kappa shape index (κ2) is 4.49. The highest BCUT2D eigenvalue weighted by Crippen LogP contribution is 2.20. The van der Waals surface area contributed by atoms with Crippen molar-refractivity contribution in [1.82, 2.24) is 4.90 Å². The van der Waals surface area contributed by atoms with Crippen LogP contribution in [0.4, 0.5) is 0 Å². The summed E-state index contributed by atoms with van der Waals surface area (Å²) in [6, 6.07) is 0.129. The van der Waals surface area contributed by atoms with Gasteiger partial charge in [0.05, 0.1) is 6.10 Å². The maximum atomic E-state index is 11.8. The Morgan fingerprint density at radius 1 is 1.60 bits per heavy atom. The highest BCUT2D eigenvalue weighted by Gasteiger charge is 2.31. The maximum absolute atomic E-state index is 11.8. The Labute approximate surface area is 90.8 Å². The molecule has 2 rings (SSSR count). The zero-order valence-electron chi connectivity index (χ0n) is 9.32. The van der Waals surface area contributed by atoms with E-state index >= 15 is 0 Å². The average Bonchev–Trinajstić information content (AvgIpc) is 2.67. The van der Waals surface area contributed by atoms with Crippen molar-refractivity contribution in [2.75, 3.05) is 19.7 Å². The number of hydrogen-bond acceptors (Lipinski definition) is 3. The summed E-state index contributed by atoms with van der Waals surface area (Å²) in [7, 11) is 0. The molecule has 2 heterocycles. The molecule has 0 radical (unpaired) electrons. The van der Waals surface area contributed by atoms with Crippen LogP contribution in [0.1, 0.15) is 26.2 Å². The van der Waals surface area contributed by atoms with Gasteiger partial charge in [0.2, 0.25) is 5.91 Å². The number of nitrogens with zero attached hydrogens (tertiary/aromatic N) is 1. The van der Waals surface area contributed by atoms with Gasteiger partial charge in [-0.05, 0) is 18.8 Å². The first-order valence-corrected chi connectivity index (χ1v) is 5.82. The van der Waals surface area contributed by atoms with E-state index in [1.165, 1.54) is 0 Å². The van der Waals surface area contributed by atoms with Gasteiger partial charge in [0, 0.05) is 32.2 Å². The Bertz CT molecular complexity index is 239. The highest BCUT2D eigenvalue weighted by molar-refractivity contribution is 5.77. The number of nitrogens with two attached hydrogens (primary N) is 1. The lowest BCUT2D eigenvalue weighted by Crippen LogP contribution is -2.52. The largest absolute Gasteiger partial charge is 0.376 e. The van der Waals surface area contributed by atoms with Crippen LogP contribution in [0.5, 0.6) is 0 Å². The van der Waals surface area contributed by atoms with Gasteiger partial charge in [-0.3, -0.25) is 4.79 Å². The van der Waals surface area contributed by atoms with Crippen LogP contribution in [0.15, 0.2) is 0 Å². The molecule has 2 fully saturated rings. The fourth-order valence-corrected chi connectivity index (χ4v) is 2.30. The van der Waals surface area contributed by atoms with Gasteiger partial charge < -0.3 is 15.4 Å². The van der Waals surface area contributed by atoms with E-state index in [0.29, 0.717) is 18.9 Å². The molecule has 2 saturated heterocycles. The fraction of sp³-hybridized carbons (Fsp3) is 0.909. The minimum absolute atomic E-state index is 0.129. The van der Waals surface area contributed by atoms with Crippen molar-refractivity contribution >= 4 is 5.91 Å². The molecular formula is C11H20N2O2. The zero-order valence-corrected chi connectivity index (χ0v) is 9.32. The molecule has 0 aliphatic carbocycles. The molecule has 3 atom stereocenters. The smallest absolute Gasteiger partial charge is 0.223 e. The molecule has 2 aliphatic heterocycles. The van der Waals surface area contributed by atoms with E-state index in [4.69, 9.17) is 10.5 Å². The minimum Gasteiger partial charge on any atom is -0.376 e. The molecule has 0 aromatic carbocycles. The number of ether oxygens (including phenoxy) is 1. The molecule has 0 aromatic rings. The topological polar surface area (TPSA) is 55.6 Å². The van der Waals surface area contributed by atoms with Crippen LogP contribution in [-0.4, -0.2) is 42.6 Å². The van der Waals surface area contributed by atoms with E-state index in [2.05, 4.69) is 0 Å². The van der Waals surface area contributed by atoms with Crippen LogP contribution in [-0.2, 0) is 9.53 Å². The van der Waals surface area contributed by atoms with Gasteiger partial charge >= 0.3 is 0 Å². The number of amides is 1. The molecule has 4 nitrogen and oxygen atoms in total. The molecule has 15 heavy (non-hydrogen) atoms. The van der Waals surface area contributed by atoms with Crippen molar-refractivity contribution in [3.8, 4) is 0 Å². The first kappa shape index (κ1) is 10.9. The third kappa shape index (κ3) is 2.49. The third-order valence-corrected chi connectivity index (χ3v) is 3.46. The first-order valence-electron chi connectivity index (χ1n) is 5.82. The molecule has 4 heteroatoms. The molecule has 86 valence electrons. The quantitative estimate of drug-likeness (QED) is 0.719. The van der Waals surface area contributed by atoms with Crippen LogP contribution in [0.2, 0.25) is 0 Å². The predicted molar refractivity (Wildman–Crippen MR) is 57.3 cm³/mol. The number of carbonyl (C=O) groups excluding carboxylic acids is 1. The SMILES string of the molecule is CC1CC(=O)N(CC2CCCO2)CC1N. The number of piperidine rings is 1. The standard InChI is InChI=1S/C11H20N2O2/c1-8-5-11(14)13(7-10(8)12)6-9-3-2-4-15-9/h8-10H,2-7,12H2,1H3. The summed E-state index contributed by atoms with van der Waals surface area (Å²) in [5, 5.41) is 0. The Kier molecular flexibility index (Phi) is 3.26. The molecule has 2 aliphatic rings. The van der Waals surface area contributed by atoms with Crippen molar-refractivity contribution < 1.29 is 9.53 Å². The number of likely N-dealkylation sites (tertiary alicyclic amines) is 1. The summed E-state index contributed by atoms with van der Waals surface area (Å²) in [4.78, 5) is 13.6. The first-order chi connectivity index (χ1) is 7.16. The van der Waals surface area contributed by atoms with Gasteiger partial charge in [0.1, 0.15) is 0 Å². The van der Waals surface area contributed by atoms with Crippen molar-refractivity contribution in [1.29, 1.82) is 0 Å². The van der Waals surface area contributed by atoms with E-state index < -0.39 is 0 Å². The maximum Gasteiger partial charge on any atom is 0.223 e. The molecular weight excluding hydrogens is 192 g/mol. The lowest BCUT2D eigenvalue weighted by Gasteiger charge is -2.35. The molecule has 1 amide bonds. The number of hydrogen-bond donors (Lipinski definition) is 1. The van der Waals surface area contributed by atoms with Gasteiger partial charge in [-0.1, -0.05) is 6.92 Å². The van der Waals surface area contributed by atoms with Crippen LogP contribution >= 0.6 is 0 Å². The molecule has 3 unspecified atom stereocenters. The molecule has 0 saturated carbocycles. The number of rotatable bonds is 2. The lowest BCUT2D eigenvalue weighted by atomic mass is 9.93. The summed E-state index contributed by atoms with van der Waals surface area (Å²) < 4.78 is 5.53. The second-order valence-electron chi connectivity index (χ2n) is 4.78. The summed E-state index contributed by atoms with van der Waals surface area (Å²) in [5.41, 5.74) is 5.97. The van der Waals surface area contributed by atoms with E-state index in [0.717, 1.165) is 26.0 Å². The van der Waals surface area contributed by atoms with Crippen molar-refractivity contribution in [2.45, 2.75) is 38.3 Å². The average molecular weight is 212 g/mol. The minimum atomic E-state index is 0.129. The van der Waals surface area contributed by atoms with Crippen molar-refractivity contribution in [3.63, 3.8) is 0 Å².